The monoisotopic (exact) mass is 275 g/mol. The molecule has 2 N–H and O–H groups in total. The average molecular weight is 275 g/mol. The van der Waals surface area contributed by atoms with Crippen molar-refractivity contribution in [2.24, 2.45) is 11.8 Å². The summed E-state index contributed by atoms with van der Waals surface area (Å²) in [6.45, 7) is 1.03. The predicted octanol–water partition coefficient (Wildman–Crippen LogP) is 2.90. The van der Waals surface area contributed by atoms with Gasteiger partial charge in [-0.25, -0.2) is 0 Å². The fourth-order valence-corrected chi connectivity index (χ4v) is 3.33. The summed E-state index contributed by atoms with van der Waals surface area (Å²) in [5, 5.41) is 13.4. The fraction of sp³-hybridized carbons (Fsp3) is 0.647. The van der Waals surface area contributed by atoms with Crippen LogP contribution in [0, 0.1) is 11.8 Å². The van der Waals surface area contributed by atoms with Crippen LogP contribution in [0.25, 0.3) is 0 Å². The summed E-state index contributed by atoms with van der Waals surface area (Å²) in [7, 11) is 1.71. The molecule has 0 saturated heterocycles. The first-order chi connectivity index (χ1) is 9.76. The molecule has 1 aromatic carbocycles. The lowest BCUT2D eigenvalue weighted by Gasteiger charge is -2.21. The SMILES string of the molecule is COc1ccc(C(NCC2CCC(O)C2)C2CC2)cc1. The van der Waals surface area contributed by atoms with E-state index in [9.17, 15) is 5.11 Å². The second-order valence-corrected chi connectivity index (χ2v) is 6.33. The van der Waals surface area contributed by atoms with E-state index >= 15 is 0 Å². The maximum Gasteiger partial charge on any atom is 0.118 e. The second-order valence-electron chi connectivity index (χ2n) is 6.33. The van der Waals surface area contributed by atoms with Crippen LogP contribution in [-0.4, -0.2) is 24.9 Å². The Morgan fingerprint density at radius 2 is 1.95 bits per heavy atom. The number of methoxy groups -OCH3 is 1. The van der Waals surface area contributed by atoms with Gasteiger partial charge in [-0.1, -0.05) is 12.1 Å². The first-order valence-corrected chi connectivity index (χ1v) is 7.81. The van der Waals surface area contributed by atoms with Gasteiger partial charge >= 0.3 is 0 Å². The van der Waals surface area contributed by atoms with Gasteiger partial charge < -0.3 is 15.2 Å². The molecule has 2 aliphatic rings. The largest absolute Gasteiger partial charge is 0.497 e. The Bertz CT molecular complexity index is 427. The lowest BCUT2D eigenvalue weighted by atomic mass is 10.0. The number of hydrogen-bond donors (Lipinski definition) is 2. The highest BCUT2D eigenvalue weighted by Gasteiger charge is 2.33. The summed E-state index contributed by atoms with van der Waals surface area (Å²) in [4.78, 5) is 0. The quantitative estimate of drug-likeness (QED) is 0.839. The van der Waals surface area contributed by atoms with Crippen LogP contribution >= 0.6 is 0 Å². The predicted molar refractivity (Wildman–Crippen MR) is 79.8 cm³/mol. The number of aliphatic hydroxyl groups excluding tert-OH is 1. The van der Waals surface area contributed by atoms with Crippen LogP contribution in [0.3, 0.4) is 0 Å². The van der Waals surface area contributed by atoms with Crippen molar-refractivity contribution in [3.8, 4) is 5.75 Å². The Hall–Kier alpha value is -1.06. The van der Waals surface area contributed by atoms with Gasteiger partial charge in [-0.05, 0) is 68.2 Å². The molecule has 3 unspecified atom stereocenters. The third kappa shape index (κ3) is 3.33. The van der Waals surface area contributed by atoms with Gasteiger partial charge in [0.2, 0.25) is 0 Å². The number of benzene rings is 1. The van der Waals surface area contributed by atoms with E-state index in [2.05, 4.69) is 17.4 Å². The Morgan fingerprint density at radius 1 is 1.20 bits per heavy atom. The zero-order valence-corrected chi connectivity index (χ0v) is 12.2. The first kappa shape index (κ1) is 13.9. The van der Waals surface area contributed by atoms with E-state index < -0.39 is 0 Å². The van der Waals surface area contributed by atoms with Crippen LogP contribution in [0.4, 0.5) is 0 Å². The van der Waals surface area contributed by atoms with Gasteiger partial charge in [-0.15, -0.1) is 0 Å². The van der Waals surface area contributed by atoms with E-state index in [0.717, 1.165) is 37.5 Å². The number of ether oxygens (including phenoxy) is 1. The van der Waals surface area contributed by atoms with Crippen molar-refractivity contribution in [1.29, 1.82) is 0 Å². The number of rotatable bonds is 6. The summed E-state index contributed by atoms with van der Waals surface area (Å²) in [5.74, 6) is 2.35. The van der Waals surface area contributed by atoms with Gasteiger partial charge in [0.1, 0.15) is 5.75 Å². The smallest absolute Gasteiger partial charge is 0.118 e. The molecule has 2 aliphatic carbocycles. The molecule has 3 rings (SSSR count). The van der Waals surface area contributed by atoms with Gasteiger partial charge in [-0.3, -0.25) is 0 Å². The molecule has 20 heavy (non-hydrogen) atoms. The van der Waals surface area contributed by atoms with Gasteiger partial charge in [0, 0.05) is 6.04 Å². The second kappa shape index (κ2) is 6.15. The van der Waals surface area contributed by atoms with Gasteiger partial charge in [-0.2, -0.15) is 0 Å². The minimum atomic E-state index is -0.0674. The first-order valence-electron chi connectivity index (χ1n) is 7.81. The van der Waals surface area contributed by atoms with E-state index in [0.29, 0.717) is 12.0 Å². The molecule has 3 atom stereocenters. The zero-order valence-electron chi connectivity index (χ0n) is 12.2. The van der Waals surface area contributed by atoms with E-state index in [4.69, 9.17) is 4.74 Å². The summed E-state index contributed by atoms with van der Waals surface area (Å²) in [6.07, 6.45) is 5.69. The molecule has 2 saturated carbocycles. The maximum atomic E-state index is 9.62. The van der Waals surface area contributed by atoms with Crippen molar-refractivity contribution in [2.45, 2.75) is 44.2 Å². The minimum Gasteiger partial charge on any atom is -0.497 e. The number of hydrogen-bond acceptors (Lipinski definition) is 3. The number of nitrogens with one attached hydrogen (secondary N) is 1. The highest BCUT2D eigenvalue weighted by Crippen LogP contribution is 2.41. The normalized spacial score (nSPS) is 27.5. The van der Waals surface area contributed by atoms with Crippen LogP contribution in [0.5, 0.6) is 5.75 Å². The third-order valence-electron chi connectivity index (χ3n) is 4.71. The van der Waals surface area contributed by atoms with Gasteiger partial charge in [0.05, 0.1) is 13.2 Å². The van der Waals surface area contributed by atoms with Gasteiger partial charge in [0.15, 0.2) is 0 Å². The molecule has 0 aromatic heterocycles. The molecule has 0 aliphatic heterocycles. The lowest BCUT2D eigenvalue weighted by Crippen LogP contribution is -2.28. The third-order valence-corrected chi connectivity index (χ3v) is 4.71. The van der Waals surface area contributed by atoms with Crippen LogP contribution in [0.15, 0.2) is 24.3 Å². The van der Waals surface area contributed by atoms with Crippen molar-refractivity contribution < 1.29 is 9.84 Å². The Morgan fingerprint density at radius 3 is 2.50 bits per heavy atom. The standard InChI is InChI=1S/C17H25NO2/c1-20-16-8-5-14(6-9-16)17(13-3-4-13)18-11-12-2-7-15(19)10-12/h5-6,8-9,12-13,15,17-19H,2-4,7,10-11H2,1H3. The highest BCUT2D eigenvalue weighted by atomic mass is 16.5. The van der Waals surface area contributed by atoms with Crippen molar-refractivity contribution >= 4 is 0 Å². The molecule has 0 heterocycles. The molecule has 0 spiro atoms. The molecule has 0 radical (unpaired) electrons. The molecule has 3 nitrogen and oxygen atoms in total. The van der Waals surface area contributed by atoms with Crippen LogP contribution in [-0.2, 0) is 0 Å². The van der Waals surface area contributed by atoms with Crippen LogP contribution in [0.1, 0.15) is 43.7 Å². The van der Waals surface area contributed by atoms with Crippen molar-refractivity contribution in [3.05, 3.63) is 29.8 Å². The molecule has 1 aromatic rings. The summed E-state index contributed by atoms with van der Waals surface area (Å²) < 4.78 is 5.23. The summed E-state index contributed by atoms with van der Waals surface area (Å²) in [5.41, 5.74) is 1.37. The Kier molecular flexibility index (Phi) is 4.27. The molecular formula is C17H25NO2. The number of aliphatic hydroxyl groups is 1. The van der Waals surface area contributed by atoms with E-state index in [-0.39, 0.29) is 6.10 Å². The molecular weight excluding hydrogens is 250 g/mol. The zero-order chi connectivity index (χ0) is 13.9. The molecule has 2 fully saturated rings. The lowest BCUT2D eigenvalue weighted by molar-refractivity contribution is 0.177. The molecule has 0 amide bonds. The maximum absolute atomic E-state index is 9.62. The summed E-state index contributed by atoms with van der Waals surface area (Å²) >= 11 is 0. The topological polar surface area (TPSA) is 41.5 Å². The molecule has 3 heteroatoms. The van der Waals surface area contributed by atoms with E-state index in [1.165, 1.54) is 18.4 Å². The van der Waals surface area contributed by atoms with Crippen molar-refractivity contribution in [2.75, 3.05) is 13.7 Å². The van der Waals surface area contributed by atoms with Crippen LogP contribution < -0.4 is 10.1 Å². The summed E-state index contributed by atoms with van der Waals surface area (Å²) in [6, 6.07) is 8.92. The molecule has 0 bridgehead atoms. The van der Waals surface area contributed by atoms with E-state index in [1.807, 2.05) is 12.1 Å². The minimum absolute atomic E-state index is 0.0674. The van der Waals surface area contributed by atoms with E-state index in [1.54, 1.807) is 7.11 Å². The average Bonchev–Trinajstić information content (AvgIpc) is 3.22. The molecule has 110 valence electrons. The van der Waals surface area contributed by atoms with Crippen LogP contribution in [0.2, 0.25) is 0 Å². The Balaban J connectivity index is 1.60. The van der Waals surface area contributed by atoms with Crippen molar-refractivity contribution in [3.63, 3.8) is 0 Å². The Labute approximate surface area is 121 Å². The van der Waals surface area contributed by atoms with Gasteiger partial charge in [0.25, 0.3) is 0 Å². The highest BCUT2D eigenvalue weighted by molar-refractivity contribution is 5.30. The fourth-order valence-electron chi connectivity index (χ4n) is 3.33. The van der Waals surface area contributed by atoms with Crippen molar-refractivity contribution in [1.82, 2.24) is 5.32 Å².